The molecule has 10 rings (SSSR count). The SMILES string of the molecule is c1ccc2c(-c3c4cc(-c5ccc6c(c5)-c5cccc7cccc(c57)O6)ccc4cc4c3ccc3ccccc34)cccc2c1. The summed E-state index contributed by atoms with van der Waals surface area (Å²) in [6, 6.07) is 57.5. The first-order chi connectivity index (χ1) is 22.3. The van der Waals surface area contributed by atoms with Crippen molar-refractivity contribution in [2.24, 2.45) is 0 Å². The number of ether oxygens (including phenoxy) is 1. The zero-order chi connectivity index (χ0) is 29.5. The molecule has 0 unspecified atom stereocenters. The molecule has 0 radical (unpaired) electrons. The molecule has 0 fully saturated rings. The van der Waals surface area contributed by atoms with Gasteiger partial charge in [-0.3, -0.25) is 0 Å². The average molecular weight is 571 g/mol. The highest BCUT2D eigenvalue weighted by atomic mass is 16.5. The lowest BCUT2D eigenvalue weighted by molar-refractivity contribution is 0.487. The van der Waals surface area contributed by atoms with Crippen LogP contribution in [0.3, 0.4) is 0 Å². The van der Waals surface area contributed by atoms with E-state index in [0.29, 0.717) is 0 Å². The summed E-state index contributed by atoms with van der Waals surface area (Å²) >= 11 is 0. The zero-order valence-electron chi connectivity index (χ0n) is 24.4. The molecule has 1 aliphatic heterocycles. The van der Waals surface area contributed by atoms with Gasteiger partial charge < -0.3 is 4.74 Å². The van der Waals surface area contributed by atoms with Gasteiger partial charge >= 0.3 is 0 Å². The Morgan fingerprint density at radius 2 is 0.978 bits per heavy atom. The van der Waals surface area contributed by atoms with Crippen LogP contribution in [0.25, 0.3) is 87.2 Å². The molecule has 0 N–H and O–H groups in total. The Morgan fingerprint density at radius 3 is 1.87 bits per heavy atom. The van der Waals surface area contributed by atoms with Crippen molar-refractivity contribution in [2.45, 2.75) is 0 Å². The molecule has 9 aromatic carbocycles. The Morgan fingerprint density at radius 1 is 0.311 bits per heavy atom. The van der Waals surface area contributed by atoms with E-state index in [2.05, 4.69) is 158 Å². The molecule has 0 bridgehead atoms. The number of fused-ring (bicyclic) bond motifs is 7. The number of hydrogen-bond acceptors (Lipinski definition) is 1. The zero-order valence-corrected chi connectivity index (χ0v) is 24.4. The minimum absolute atomic E-state index is 0.903. The van der Waals surface area contributed by atoms with Gasteiger partial charge in [0.05, 0.1) is 0 Å². The second-order valence-electron chi connectivity index (χ2n) is 12.1. The van der Waals surface area contributed by atoms with Gasteiger partial charge in [0.1, 0.15) is 11.5 Å². The van der Waals surface area contributed by atoms with Gasteiger partial charge in [-0.05, 0) is 107 Å². The van der Waals surface area contributed by atoms with Gasteiger partial charge in [-0.2, -0.15) is 0 Å². The number of rotatable bonds is 2. The fourth-order valence-corrected chi connectivity index (χ4v) is 7.53. The molecule has 0 atom stereocenters. The van der Waals surface area contributed by atoms with E-state index in [1.807, 2.05) is 0 Å². The van der Waals surface area contributed by atoms with Gasteiger partial charge in [0.2, 0.25) is 0 Å². The summed E-state index contributed by atoms with van der Waals surface area (Å²) < 4.78 is 6.41. The Balaban J connectivity index is 1.26. The minimum Gasteiger partial charge on any atom is -0.456 e. The highest BCUT2D eigenvalue weighted by Gasteiger charge is 2.21. The molecule has 1 aliphatic rings. The molecule has 0 saturated carbocycles. The van der Waals surface area contributed by atoms with Crippen LogP contribution in [0, 0.1) is 0 Å². The lowest BCUT2D eigenvalue weighted by Crippen LogP contribution is -1.97. The van der Waals surface area contributed by atoms with Crippen molar-refractivity contribution in [2.75, 3.05) is 0 Å². The first kappa shape index (κ1) is 24.5. The van der Waals surface area contributed by atoms with E-state index in [-0.39, 0.29) is 0 Å². The maximum absolute atomic E-state index is 6.41. The van der Waals surface area contributed by atoms with Crippen LogP contribution in [0.5, 0.6) is 11.5 Å². The molecule has 9 aromatic rings. The largest absolute Gasteiger partial charge is 0.456 e. The molecular formula is C44H26O. The van der Waals surface area contributed by atoms with Crippen molar-refractivity contribution < 1.29 is 4.74 Å². The fraction of sp³-hybridized carbons (Fsp3) is 0. The summed E-state index contributed by atoms with van der Waals surface area (Å²) in [6.07, 6.45) is 0. The highest BCUT2D eigenvalue weighted by molar-refractivity contribution is 6.22. The summed E-state index contributed by atoms with van der Waals surface area (Å²) in [5.41, 5.74) is 7.28. The standard InChI is InChI=1S/C44H26O/c1-3-13-33-27(8-1)10-5-15-35(33)44-37-22-20-28-9-2-4-14-34(28)39(37)26-32-19-18-30(24-38(32)44)31-21-23-41-40(25-31)36-16-6-11-29-12-7-17-42(45-41)43(29)36/h1-26H. The van der Waals surface area contributed by atoms with Gasteiger partial charge in [-0.1, -0.05) is 127 Å². The van der Waals surface area contributed by atoms with Crippen LogP contribution in [-0.2, 0) is 0 Å². The van der Waals surface area contributed by atoms with E-state index in [0.717, 1.165) is 17.1 Å². The first-order valence-corrected chi connectivity index (χ1v) is 15.5. The van der Waals surface area contributed by atoms with E-state index in [4.69, 9.17) is 4.74 Å². The van der Waals surface area contributed by atoms with E-state index in [1.165, 1.54) is 81.7 Å². The van der Waals surface area contributed by atoms with Crippen LogP contribution < -0.4 is 4.74 Å². The molecule has 0 aliphatic carbocycles. The van der Waals surface area contributed by atoms with Crippen LogP contribution >= 0.6 is 0 Å². The third-order valence-electron chi connectivity index (χ3n) is 9.61. The van der Waals surface area contributed by atoms with E-state index in [9.17, 15) is 0 Å². The summed E-state index contributed by atoms with van der Waals surface area (Å²) in [7, 11) is 0. The van der Waals surface area contributed by atoms with Crippen LogP contribution in [0.2, 0.25) is 0 Å². The first-order valence-electron chi connectivity index (χ1n) is 15.5. The molecule has 0 spiro atoms. The van der Waals surface area contributed by atoms with Crippen molar-refractivity contribution in [3.05, 3.63) is 158 Å². The predicted octanol–water partition coefficient (Wildman–Crippen LogP) is 12.6. The van der Waals surface area contributed by atoms with Gasteiger partial charge in [0.15, 0.2) is 0 Å². The monoisotopic (exact) mass is 570 g/mol. The predicted molar refractivity (Wildman–Crippen MR) is 190 cm³/mol. The van der Waals surface area contributed by atoms with Crippen molar-refractivity contribution in [3.63, 3.8) is 0 Å². The third-order valence-corrected chi connectivity index (χ3v) is 9.61. The van der Waals surface area contributed by atoms with Gasteiger partial charge in [0, 0.05) is 10.9 Å². The molecule has 45 heavy (non-hydrogen) atoms. The molecule has 1 heterocycles. The van der Waals surface area contributed by atoms with Crippen LogP contribution in [-0.4, -0.2) is 0 Å². The molecule has 0 amide bonds. The molecule has 0 aromatic heterocycles. The van der Waals surface area contributed by atoms with Gasteiger partial charge in [-0.25, -0.2) is 0 Å². The molecule has 1 nitrogen and oxygen atoms in total. The summed E-state index contributed by atoms with van der Waals surface area (Å²) in [5.74, 6) is 1.83. The maximum atomic E-state index is 6.41. The maximum Gasteiger partial charge on any atom is 0.135 e. The van der Waals surface area contributed by atoms with Crippen molar-refractivity contribution in [3.8, 4) is 44.9 Å². The van der Waals surface area contributed by atoms with Gasteiger partial charge in [0.25, 0.3) is 0 Å². The summed E-state index contributed by atoms with van der Waals surface area (Å²) in [5, 5.41) is 12.5. The fourth-order valence-electron chi connectivity index (χ4n) is 7.53. The van der Waals surface area contributed by atoms with Crippen LogP contribution in [0.4, 0.5) is 0 Å². The highest BCUT2D eigenvalue weighted by Crippen LogP contribution is 2.48. The van der Waals surface area contributed by atoms with E-state index >= 15 is 0 Å². The average Bonchev–Trinajstić information content (AvgIpc) is 3.10. The lowest BCUT2D eigenvalue weighted by Gasteiger charge is -2.22. The van der Waals surface area contributed by atoms with Crippen molar-refractivity contribution in [1.82, 2.24) is 0 Å². The number of hydrogen-bond donors (Lipinski definition) is 0. The molecule has 208 valence electrons. The lowest BCUT2D eigenvalue weighted by atomic mass is 9.86. The Hall–Kier alpha value is -5.92. The summed E-state index contributed by atoms with van der Waals surface area (Å²) in [6.45, 7) is 0. The van der Waals surface area contributed by atoms with E-state index in [1.54, 1.807) is 0 Å². The Labute approximate surface area is 260 Å². The van der Waals surface area contributed by atoms with Gasteiger partial charge in [-0.15, -0.1) is 0 Å². The minimum atomic E-state index is 0.903. The van der Waals surface area contributed by atoms with Crippen LogP contribution in [0.1, 0.15) is 0 Å². The Kier molecular flexibility index (Phi) is 5.06. The quantitative estimate of drug-likeness (QED) is 0.148. The topological polar surface area (TPSA) is 9.23 Å². The van der Waals surface area contributed by atoms with Crippen molar-refractivity contribution >= 4 is 53.9 Å². The molecule has 1 heteroatoms. The summed E-state index contributed by atoms with van der Waals surface area (Å²) in [4.78, 5) is 0. The molecular weight excluding hydrogens is 544 g/mol. The third kappa shape index (κ3) is 3.62. The van der Waals surface area contributed by atoms with E-state index < -0.39 is 0 Å². The smallest absolute Gasteiger partial charge is 0.135 e. The van der Waals surface area contributed by atoms with Crippen LogP contribution in [0.15, 0.2) is 158 Å². The molecule has 0 saturated heterocycles. The second-order valence-corrected chi connectivity index (χ2v) is 12.1. The van der Waals surface area contributed by atoms with Crippen molar-refractivity contribution in [1.29, 1.82) is 0 Å². The Bertz CT molecular complexity index is 2670. The normalized spacial score (nSPS) is 12.2. The number of benzene rings is 9. The second kappa shape index (κ2) is 9.29.